The van der Waals surface area contributed by atoms with Crippen LogP contribution < -0.4 is 15.8 Å². The maximum absolute atomic E-state index is 12.2. The number of nitrogens with one attached hydrogen (secondary N) is 2. The first-order valence-corrected chi connectivity index (χ1v) is 9.30. The lowest BCUT2D eigenvalue weighted by Crippen LogP contribution is -2.50. The lowest BCUT2D eigenvalue weighted by Gasteiger charge is -2.21. The number of hydrogen-bond donors (Lipinski definition) is 3. The summed E-state index contributed by atoms with van der Waals surface area (Å²) in [7, 11) is -3.79. The van der Waals surface area contributed by atoms with E-state index in [1.54, 1.807) is 0 Å². The minimum Gasteiger partial charge on any atom is -0.351 e. The van der Waals surface area contributed by atoms with Crippen LogP contribution in [-0.4, -0.2) is 33.0 Å². The zero-order chi connectivity index (χ0) is 17.6. The van der Waals surface area contributed by atoms with Gasteiger partial charge in [0.05, 0.1) is 10.9 Å². The summed E-state index contributed by atoms with van der Waals surface area (Å²) in [5.74, 6) is -0.0245. The third-order valence-corrected chi connectivity index (χ3v) is 5.04. The fourth-order valence-corrected chi connectivity index (χ4v) is 3.41. The molecule has 0 aromatic heterocycles. The maximum atomic E-state index is 12.2. The van der Waals surface area contributed by atoms with Gasteiger partial charge in [-0.25, -0.2) is 8.42 Å². The number of rotatable bonds is 8. The van der Waals surface area contributed by atoms with Crippen molar-refractivity contribution in [3.05, 3.63) is 29.3 Å². The maximum Gasteiger partial charge on any atom is 0.241 e. The Morgan fingerprint density at radius 3 is 2.21 bits per heavy atom. The summed E-state index contributed by atoms with van der Waals surface area (Å²) >= 11 is 5.74. The van der Waals surface area contributed by atoms with Crippen LogP contribution in [0.3, 0.4) is 0 Å². The smallest absolute Gasteiger partial charge is 0.241 e. The Labute approximate surface area is 155 Å². The molecule has 1 aromatic rings. The predicted octanol–water partition coefficient (Wildman–Crippen LogP) is 1.92. The number of nitrogens with two attached hydrogens (primary N) is 1. The number of hydrogen-bond acceptors (Lipinski definition) is 4. The van der Waals surface area contributed by atoms with E-state index < -0.39 is 22.0 Å². The van der Waals surface area contributed by atoms with Crippen LogP contribution in [0.25, 0.3) is 0 Å². The number of carbonyl (C=O) groups is 1. The van der Waals surface area contributed by atoms with E-state index in [1.807, 2.05) is 13.8 Å². The van der Waals surface area contributed by atoms with Gasteiger partial charge in [0.1, 0.15) is 0 Å². The lowest BCUT2D eigenvalue weighted by atomic mass is 10.0. The van der Waals surface area contributed by atoms with Crippen molar-refractivity contribution in [2.45, 2.75) is 44.2 Å². The number of halogens is 2. The highest BCUT2D eigenvalue weighted by Crippen LogP contribution is 2.14. The second-order valence-corrected chi connectivity index (χ2v) is 8.02. The Kier molecular flexibility index (Phi) is 9.84. The van der Waals surface area contributed by atoms with Crippen LogP contribution >= 0.6 is 24.0 Å². The van der Waals surface area contributed by atoms with Gasteiger partial charge in [-0.2, -0.15) is 4.72 Å². The summed E-state index contributed by atoms with van der Waals surface area (Å²) in [6, 6.07) is 4.65. The highest BCUT2D eigenvalue weighted by molar-refractivity contribution is 7.89. The average Bonchev–Trinajstić information content (AvgIpc) is 2.45. The van der Waals surface area contributed by atoms with Crippen LogP contribution in [0, 0.1) is 5.92 Å². The summed E-state index contributed by atoms with van der Waals surface area (Å²) in [4.78, 5) is 12.2. The van der Waals surface area contributed by atoms with Gasteiger partial charge in [0.15, 0.2) is 0 Å². The van der Waals surface area contributed by atoms with E-state index in [4.69, 9.17) is 17.3 Å². The number of carbonyl (C=O) groups excluding carboxylic acids is 1. The fraction of sp³-hybridized carbons (Fsp3) is 0.533. The molecular formula is C15H25Cl2N3O3S. The summed E-state index contributed by atoms with van der Waals surface area (Å²) in [5.41, 5.74) is 5.64. The summed E-state index contributed by atoms with van der Waals surface area (Å²) in [6.45, 7) is 5.86. The molecular weight excluding hydrogens is 373 g/mol. The quantitative estimate of drug-likeness (QED) is 0.623. The molecule has 4 N–H and O–H groups in total. The summed E-state index contributed by atoms with van der Waals surface area (Å²) < 4.78 is 26.8. The summed E-state index contributed by atoms with van der Waals surface area (Å²) in [5, 5.41) is 3.21. The molecule has 0 aliphatic rings. The lowest BCUT2D eigenvalue weighted by molar-refractivity contribution is -0.123. The van der Waals surface area contributed by atoms with Crippen LogP contribution in [0.15, 0.2) is 29.2 Å². The van der Waals surface area contributed by atoms with Crippen molar-refractivity contribution >= 4 is 39.9 Å². The zero-order valence-corrected chi connectivity index (χ0v) is 16.3. The molecule has 0 spiro atoms. The molecule has 0 saturated heterocycles. The van der Waals surface area contributed by atoms with Gasteiger partial charge in [-0.05, 0) is 43.5 Å². The Balaban J connectivity index is 0.00000529. The Morgan fingerprint density at radius 1 is 1.21 bits per heavy atom. The van der Waals surface area contributed by atoms with Gasteiger partial charge in [0.2, 0.25) is 15.9 Å². The third-order valence-electron chi connectivity index (χ3n) is 3.24. The first-order chi connectivity index (χ1) is 10.7. The van der Waals surface area contributed by atoms with Crippen molar-refractivity contribution in [3.63, 3.8) is 0 Å². The molecule has 0 bridgehead atoms. The molecule has 138 valence electrons. The average molecular weight is 398 g/mol. The zero-order valence-electron chi connectivity index (χ0n) is 14.0. The van der Waals surface area contributed by atoms with Gasteiger partial charge >= 0.3 is 0 Å². The highest BCUT2D eigenvalue weighted by atomic mass is 35.5. The molecule has 0 heterocycles. The SMILES string of the molecule is CC(C)CC(CN)NC(=O)C(C)NS(=O)(=O)c1ccc(Cl)cc1.Cl. The van der Waals surface area contributed by atoms with Gasteiger partial charge < -0.3 is 11.1 Å². The molecule has 0 aliphatic heterocycles. The van der Waals surface area contributed by atoms with Crippen molar-refractivity contribution in [2.24, 2.45) is 11.7 Å². The van der Waals surface area contributed by atoms with Crippen molar-refractivity contribution in [2.75, 3.05) is 6.54 Å². The van der Waals surface area contributed by atoms with Crippen molar-refractivity contribution in [1.82, 2.24) is 10.0 Å². The number of amides is 1. The highest BCUT2D eigenvalue weighted by Gasteiger charge is 2.23. The fourth-order valence-electron chi connectivity index (χ4n) is 2.08. The van der Waals surface area contributed by atoms with E-state index in [-0.39, 0.29) is 23.3 Å². The van der Waals surface area contributed by atoms with Crippen LogP contribution in [0.5, 0.6) is 0 Å². The first kappa shape index (κ1) is 23.1. The van der Waals surface area contributed by atoms with Gasteiger partial charge in [-0.15, -0.1) is 12.4 Å². The monoisotopic (exact) mass is 397 g/mol. The minimum atomic E-state index is -3.79. The molecule has 2 atom stereocenters. The van der Waals surface area contributed by atoms with E-state index in [1.165, 1.54) is 31.2 Å². The molecule has 6 nitrogen and oxygen atoms in total. The van der Waals surface area contributed by atoms with Gasteiger partial charge in [0.25, 0.3) is 0 Å². The Bertz CT molecular complexity index is 621. The van der Waals surface area contributed by atoms with Crippen LogP contribution in [0.4, 0.5) is 0 Å². The second-order valence-electron chi connectivity index (χ2n) is 5.87. The van der Waals surface area contributed by atoms with E-state index in [0.29, 0.717) is 17.5 Å². The number of sulfonamides is 1. The van der Waals surface area contributed by atoms with Crippen molar-refractivity contribution in [1.29, 1.82) is 0 Å². The van der Waals surface area contributed by atoms with Gasteiger partial charge in [-0.3, -0.25) is 4.79 Å². The second kappa shape index (κ2) is 10.2. The normalized spacial score (nSPS) is 13.9. The van der Waals surface area contributed by atoms with Gasteiger partial charge in [0, 0.05) is 17.6 Å². The molecule has 1 rings (SSSR count). The van der Waals surface area contributed by atoms with Crippen molar-refractivity contribution in [3.8, 4) is 0 Å². The molecule has 24 heavy (non-hydrogen) atoms. The molecule has 0 fully saturated rings. The number of benzene rings is 1. The van der Waals surface area contributed by atoms with Crippen LogP contribution in [0.2, 0.25) is 5.02 Å². The van der Waals surface area contributed by atoms with E-state index in [9.17, 15) is 13.2 Å². The standard InChI is InChI=1S/C15H24ClN3O3S.ClH/c1-10(2)8-13(9-17)18-15(20)11(3)19-23(21,22)14-6-4-12(16)5-7-14;/h4-7,10-11,13,19H,8-9,17H2,1-3H3,(H,18,20);1H. The Hall–Kier alpha value is -0.860. The van der Waals surface area contributed by atoms with Crippen molar-refractivity contribution < 1.29 is 13.2 Å². The largest absolute Gasteiger partial charge is 0.351 e. The van der Waals surface area contributed by atoms with Crippen LogP contribution in [0.1, 0.15) is 27.2 Å². The topological polar surface area (TPSA) is 101 Å². The predicted molar refractivity (Wildman–Crippen MR) is 98.9 cm³/mol. The van der Waals surface area contributed by atoms with Gasteiger partial charge in [-0.1, -0.05) is 25.4 Å². The van der Waals surface area contributed by atoms with E-state index in [2.05, 4.69) is 10.0 Å². The molecule has 0 aliphatic carbocycles. The minimum absolute atomic E-state index is 0. The van der Waals surface area contributed by atoms with E-state index >= 15 is 0 Å². The molecule has 0 saturated carbocycles. The molecule has 2 unspecified atom stereocenters. The Morgan fingerprint density at radius 2 is 1.75 bits per heavy atom. The molecule has 1 aromatic carbocycles. The first-order valence-electron chi connectivity index (χ1n) is 7.44. The van der Waals surface area contributed by atoms with E-state index in [0.717, 1.165) is 6.42 Å². The molecule has 9 heteroatoms. The summed E-state index contributed by atoms with van der Waals surface area (Å²) in [6.07, 6.45) is 0.735. The molecule has 1 amide bonds. The van der Waals surface area contributed by atoms with Crippen LogP contribution in [-0.2, 0) is 14.8 Å². The molecule has 0 radical (unpaired) electrons. The third kappa shape index (κ3) is 7.36.